The van der Waals surface area contributed by atoms with Crippen LogP contribution in [-0.4, -0.2) is 96.7 Å². The van der Waals surface area contributed by atoms with E-state index in [-0.39, 0.29) is 25.7 Å². The lowest BCUT2D eigenvalue weighted by molar-refractivity contribution is -0.161. The standard InChI is InChI=1S/C73H142O17P2/c1-8-11-12-13-14-15-16-21-28-33-42-49-56-72(77)90-69(61-84-71(76)55-48-41-36-35-39-46-53-66(7)10-3)63-88-92(81,82)86-59-67(74)58-85-91(79,80)87-62-68(60-83-70(75)54-47-40-32-27-24-23-26-31-38-45-52-65(6)9-2)89-73(78)57-50-43-34-29-22-19-17-18-20-25-30-37-44-51-64(4)5/h64-69,74H,8-63H2,1-7H3,(H,79,80)(H,81,82)/t65?,66?,67-,68-,69-/m1/s1. The number of aliphatic hydroxyl groups is 1. The smallest absolute Gasteiger partial charge is 0.462 e. The number of hydrogen-bond acceptors (Lipinski definition) is 15. The first-order valence-corrected chi connectivity index (χ1v) is 40.9. The van der Waals surface area contributed by atoms with Crippen molar-refractivity contribution < 1.29 is 80.2 Å². The molecule has 0 amide bonds. The highest BCUT2D eigenvalue weighted by molar-refractivity contribution is 7.47. The van der Waals surface area contributed by atoms with Crippen molar-refractivity contribution in [3.8, 4) is 0 Å². The van der Waals surface area contributed by atoms with Crippen molar-refractivity contribution in [1.82, 2.24) is 0 Å². The minimum absolute atomic E-state index is 0.106. The molecule has 19 heteroatoms. The molecule has 0 aliphatic carbocycles. The number of aliphatic hydroxyl groups excluding tert-OH is 1. The Kier molecular flexibility index (Phi) is 62.4. The van der Waals surface area contributed by atoms with Crippen LogP contribution in [0.25, 0.3) is 0 Å². The number of esters is 4. The summed E-state index contributed by atoms with van der Waals surface area (Å²) < 4.78 is 68.4. The molecule has 546 valence electrons. The molecule has 17 nitrogen and oxygen atoms in total. The number of ether oxygens (including phenoxy) is 4. The minimum Gasteiger partial charge on any atom is -0.462 e. The highest BCUT2D eigenvalue weighted by Crippen LogP contribution is 2.45. The van der Waals surface area contributed by atoms with Crippen LogP contribution in [0.15, 0.2) is 0 Å². The van der Waals surface area contributed by atoms with Gasteiger partial charge in [0.15, 0.2) is 12.2 Å². The van der Waals surface area contributed by atoms with Crippen molar-refractivity contribution in [2.24, 2.45) is 17.8 Å². The van der Waals surface area contributed by atoms with Gasteiger partial charge in [0.25, 0.3) is 0 Å². The van der Waals surface area contributed by atoms with Crippen LogP contribution in [0.1, 0.15) is 370 Å². The fraction of sp³-hybridized carbons (Fsp3) is 0.945. The topological polar surface area (TPSA) is 237 Å². The predicted molar refractivity (Wildman–Crippen MR) is 372 cm³/mol. The van der Waals surface area contributed by atoms with Gasteiger partial charge in [-0.15, -0.1) is 0 Å². The summed E-state index contributed by atoms with van der Waals surface area (Å²) in [5.74, 6) is 0.206. The van der Waals surface area contributed by atoms with E-state index in [0.29, 0.717) is 25.7 Å². The molecule has 4 unspecified atom stereocenters. The van der Waals surface area contributed by atoms with Crippen molar-refractivity contribution in [2.75, 3.05) is 39.6 Å². The zero-order chi connectivity index (χ0) is 68.0. The fourth-order valence-corrected chi connectivity index (χ4v) is 12.6. The van der Waals surface area contributed by atoms with Crippen LogP contribution in [0.2, 0.25) is 0 Å². The molecule has 0 saturated carbocycles. The van der Waals surface area contributed by atoms with Gasteiger partial charge in [-0.3, -0.25) is 37.3 Å². The number of hydrogen-bond donors (Lipinski definition) is 3. The van der Waals surface area contributed by atoms with Gasteiger partial charge in [-0.2, -0.15) is 0 Å². The van der Waals surface area contributed by atoms with Gasteiger partial charge in [0.2, 0.25) is 0 Å². The Bertz CT molecular complexity index is 1810. The number of carbonyl (C=O) groups excluding carboxylic acids is 4. The second-order valence-electron chi connectivity index (χ2n) is 27.3. The van der Waals surface area contributed by atoms with Gasteiger partial charge < -0.3 is 33.8 Å². The van der Waals surface area contributed by atoms with Crippen molar-refractivity contribution in [2.45, 2.75) is 388 Å². The Morgan fingerprint density at radius 3 is 0.826 bits per heavy atom. The summed E-state index contributed by atoms with van der Waals surface area (Å²) in [5, 5.41) is 10.6. The van der Waals surface area contributed by atoms with Crippen molar-refractivity contribution >= 4 is 39.5 Å². The van der Waals surface area contributed by atoms with Crippen LogP contribution in [0, 0.1) is 17.8 Å². The Morgan fingerprint density at radius 1 is 0.315 bits per heavy atom. The van der Waals surface area contributed by atoms with Crippen LogP contribution in [0.3, 0.4) is 0 Å². The van der Waals surface area contributed by atoms with E-state index in [4.69, 9.17) is 37.0 Å². The third-order valence-corrected chi connectivity index (χ3v) is 19.5. The summed E-state index contributed by atoms with van der Waals surface area (Å²) in [4.78, 5) is 72.7. The zero-order valence-corrected chi connectivity index (χ0v) is 61.8. The summed E-state index contributed by atoms with van der Waals surface area (Å²) in [6.07, 6.45) is 48.4. The van der Waals surface area contributed by atoms with Gasteiger partial charge in [0, 0.05) is 25.7 Å². The largest absolute Gasteiger partial charge is 0.472 e. The van der Waals surface area contributed by atoms with Crippen LogP contribution < -0.4 is 0 Å². The molecule has 0 saturated heterocycles. The zero-order valence-electron chi connectivity index (χ0n) is 60.0. The molecule has 92 heavy (non-hydrogen) atoms. The highest BCUT2D eigenvalue weighted by Gasteiger charge is 2.30. The fourth-order valence-electron chi connectivity index (χ4n) is 11.0. The SMILES string of the molecule is CCCCCCCCCCCCCCC(=O)O[C@H](COC(=O)CCCCCCCCC(C)CC)COP(=O)(O)OC[C@H](O)COP(=O)(O)OC[C@@H](COC(=O)CCCCCCCCCCCCC(C)CC)OC(=O)CCCCCCCCCCCCCCCC(C)C. The Balaban J connectivity index is 5.26. The highest BCUT2D eigenvalue weighted by atomic mass is 31.2. The van der Waals surface area contributed by atoms with Crippen molar-refractivity contribution in [1.29, 1.82) is 0 Å². The molecule has 0 radical (unpaired) electrons. The normalized spacial score (nSPS) is 14.7. The molecule has 0 spiro atoms. The van der Waals surface area contributed by atoms with Gasteiger partial charge in [0.1, 0.15) is 19.3 Å². The molecule has 0 rings (SSSR count). The molecule has 0 bridgehead atoms. The summed E-state index contributed by atoms with van der Waals surface area (Å²) in [5.41, 5.74) is 0. The molecule has 0 heterocycles. The first-order chi connectivity index (χ1) is 44.3. The minimum atomic E-state index is -4.96. The quantitative estimate of drug-likeness (QED) is 0.0222. The monoisotopic (exact) mass is 1350 g/mol. The number of phosphoric ester groups is 2. The molecule has 0 fully saturated rings. The van der Waals surface area contributed by atoms with Gasteiger partial charge in [-0.05, 0) is 43.4 Å². The lowest BCUT2D eigenvalue weighted by atomic mass is 9.99. The second-order valence-corrected chi connectivity index (χ2v) is 30.2. The molecular formula is C73H142O17P2. The number of rotatable bonds is 71. The molecule has 0 aliphatic rings. The lowest BCUT2D eigenvalue weighted by Crippen LogP contribution is -2.30. The van der Waals surface area contributed by atoms with Crippen LogP contribution in [0.5, 0.6) is 0 Å². The first-order valence-electron chi connectivity index (χ1n) is 37.9. The molecule has 0 aromatic rings. The van der Waals surface area contributed by atoms with Gasteiger partial charge in [0.05, 0.1) is 26.4 Å². The van der Waals surface area contributed by atoms with Gasteiger partial charge in [-0.1, -0.05) is 318 Å². The maximum Gasteiger partial charge on any atom is 0.472 e. The maximum atomic E-state index is 13.1. The summed E-state index contributed by atoms with van der Waals surface area (Å²) in [7, 11) is -9.91. The van der Waals surface area contributed by atoms with E-state index in [1.807, 2.05) is 0 Å². The third-order valence-electron chi connectivity index (χ3n) is 17.6. The van der Waals surface area contributed by atoms with E-state index in [1.165, 1.54) is 173 Å². The Morgan fingerprint density at radius 2 is 0.554 bits per heavy atom. The van der Waals surface area contributed by atoms with Gasteiger partial charge >= 0.3 is 39.5 Å². The molecule has 0 aliphatic heterocycles. The van der Waals surface area contributed by atoms with Crippen LogP contribution in [-0.2, 0) is 65.4 Å². The maximum absolute atomic E-state index is 13.1. The van der Waals surface area contributed by atoms with E-state index < -0.39 is 97.5 Å². The average molecular weight is 1350 g/mol. The second kappa shape index (κ2) is 63.8. The third kappa shape index (κ3) is 64.1. The van der Waals surface area contributed by atoms with Crippen molar-refractivity contribution in [3.05, 3.63) is 0 Å². The molecule has 0 aromatic heterocycles. The summed E-state index contributed by atoms with van der Waals surface area (Å²) in [6.45, 7) is 11.9. The van der Waals surface area contributed by atoms with E-state index >= 15 is 0 Å². The number of unbranched alkanes of at least 4 members (excludes halogenated alkanes) is 37. The lowest BCUT2D eigenvalue weighted by Gasteiger charge is -2.21. The Labute approximate surface area is 562 Å². The van der Waals surface area contributed by atoms with Crippen LogP contribution in [0.4, 0.5) is 0 Å². The summed E-state index contributed by atoms with van der Waals surface area (Å²) in [6, 6.07) is 0. The number of carbonyl (C=O) groups is 4. The molecule has 0 aromatic carbocycles. The first kappa shape index (κ1) is 90.1. The van der Waals surface area contributed by atoms with E-state index in [1.54, 1.807) is 0 Å². The molecule has 3 N–H and O–H groups in total. The summed E-state index contributed by atoms with van der Waals surface area (Å²) >= 11 is 0. The predicted octanol–water partition coefficient (Wildman–Crippen LogP) is 21.0. The van der Waals surface area contributed by atoms with E-state index in [0.717, 1.165) is 114 Å². The molecule has 7 atom stereocenters. The Hall–Kier alpha value is -1.94. The van der Waals surface area contributed by atoms with Gasteiger partial charge in [-0.25, -0.2) is 9.13 Å². The van der Waals surface area contributed by atoms with Crippen molar-refractivity contribution in [3.63, 3.8) is 0 Å². The average Bonchev–Trinajstić information content (AvgIpc) is 1.70. The number of phosphoric acid groups is 2. The van der Waals surface area contributed by atoms with E-state index in [2.05, 4.69) is 48.5 Å². The molecular weight excluding hydrogens is 1210 g/mol. The van der Waals surface area contributed by atoms with E-state index in [9.17, 15) is 43.2 Å². The van der Waals surface area contributed by atoms with Crippen LogP contribution >= 0.6 is 15.6 Å².